The highest BCUT2D eigenvalue weighted by Crippen LogP contribution is 2.26. The molecule has 2 aromatic carbocycles. The Morgan fingerprint density at radius 3 is 2.62 bits per heavy atom. The maximum Gasteiger partial charge on any atom is 0.348 e. The Balaban J connectivity index is 1.58. The van der Waals surface area contributed by atoms with E-state index in [-0.39, 0.29) is 5.91 Å². The number of rotatable bonds is 7. The lowest BCUT2D eigenvalue weighted by atomic mass is 10.0. The van der Waals surface area contributed by atoms with E-state index < -0.39 is 5.69 Å². The zero-order chi connectivity index (χ0) is 22.5. The molecule has 0 aliphatic carbocycles. The van der Waals surface area contributed by atoms with E-state index in [9.17, 15) is 9.59 Å². The van der Waals surface area contributed by atoms with Crippen molar-refractivity contribution in [3.05, 3.63) is 82.9 Å². The number of benzene rings is 2. The van der Waals surface area contributed by atoms with Gasteiger partial charge in [-0.3, -0.25) is 9.78 Å². The van der Waals surface area contributed by atoms with Gasteiger partial charge in [-0.05, 0) is 61.6 Å². The molecule has 0 unspecified atom stereocenters. The third kappa shape index (κ3) is 4.98. The number of hydrogen-bond acceptors (Lipinski definition) is 6. The zero-order valence-corrected chi connectivity index (χ0v) is 17.9. The second-order valence-electron chi connectivity index (χ2n) is 7.64. The number of aromatic nitrogens is 3. The number of nitrogens with zero attached hydrogens (tertiary/aromatic N) is 3. The Morgan fingerprint density at radius 1 is 1.03 bits per heavy atom. The molecule has 32 heavy (non-hydrogen) atoms. The van der Waals surface area contributed by atoms with E-state index in [1.165, 1.54) is 0 Å². The summed E-state index contributed by atoms with van der Waals surface area (Å²) in [6.45, 7) is 1.36. The van der Waals surface area contributed by atoms with Crippen molar-refractivity contribution < 1.29 is 4.79 Å². The average Bonchev–Trinajstić information content (AvgIpc) is 2.79. The van der Waals surface area contributed by atoms with E-state index in [2.05, 4.69) is 25.6 Å². The van der Waals surface area contributed by atoms with Crippen molar-refractivity contribution in [1.82, 2.24) is 25.2 Å². The first-order valence-electron chi connectivity index (χ1n) is 10.2. The van der Waals surface area contributed by atoms with Gasteiger partial charge in [-0.25, -0.2) is 9.78 Å². The minimum atomic E-state index is -0.470. The number of carbonyl (C=O) groups excluding carboxylic acids is 1. The summed E-state index contributed by atoms with van der Waals surface area (Å²) in [5.74, 6) is 0.426. The van der Waals surface area contributed by atoms with Crippen molar-refractivity contribution in [3.8, 4) is 11.1 Å². The van der Waals surface area contributed by atoms with Crippen molar-refractivity contribution in [2.75, 3.05) is 32.5 Å². The fourth-order valence-corrected chi connectivity index (χ4v) is 3.33. The first-order valence-corrected chi connectivity index (χ1v) is 10.2. The van der Waals surface area contributed by atoms with Crippen LogP contribution in [0.1, 0.15) is 10.4 Å². The quantitative estimate of drug-likeness (QED) is 0.418. The van der Waals surface area contributed by atoms with Gasteiger partial charge in [0.2, 0.25) is 0 Å². The molecule has 0 atom stereocenters. The van der Waals surface area contributed by atoms with E-state index in [1.807, 2.05) is 67.5 Å². The largest absolute Gasteiger partial charge is 0.351 e. The van der Waals surface area contributed by atoms with Gasteiger partial charge in [0.15, 0.2) is 5.65 Å². The van der Waals surface area contributed by atoms with Gasteiger partial charge in [0.1, 0.15) is 5.82 Å². The molecule has 0 aliphatic heterocycles. The van der Waals surface area contributed by atoms with Crippen molar-refractivity contribution in [1.29, 1.82) is 0 Å². The predicted octanol–water partition coefficient (Wildman–Crippen LogP) is 3.02. The maximum absolute atomic E-state index is 12.5. The first kappa shape index (κ1) is 21.2. The van der Waals surface area contributed by atoms with E-state index in [4.69, 9.17) is 0 Å². The predicted molar refractivity (Wildman–Crippen MR) is 126 cm³/mol. The van der Waals surface area contributed by atoms with Crippen LogP contribution in [0.25, 0.3) is 22.2 Å². The van der Waals surface area contributed by atoms with Crippen LogP contribution in [0.3, 0.4) is 0 Å². The maximum atomic E-state index is 12.5. The molecule has 3 N–H and O–H groups in total. The molecule has 0 saturated heterocycles. The monoisotopic (exact) mass is 428 g/mol. The molecular weight excluding hydrogens is 404 g/mol. The van der Waals surface area contributed by atoms with Crippen molar-refractivity contribution >= 4 is 28.4 Å². The summed E-state index contributed by atoms with van der Waals surface area (Å²) in [5.41, 5.74) is 3.16. The Kier molecular flexibility index (Phi) is 6.23. The van der Waals surface area contributed by atoms with Crippen molar-refractivity contribution in [2.45, 2.75) is 0 Å². The van der Waals surface area contributed by atoms with Gasteiger partial charge in [0.25, 0.3) is 5.91 Å². The summed E-state index contributed by atoms with van der Waals surface area (Å²) in [4.78, 5) is 37.2. The molecule has 0 radical (unpaired) electrons. The molecule has 0 bridgehead atoms. The van der Waals surface area contributed by atoms with Crippen LogP contribution in [0.2, 0.25) is 0 Å². The van der Waals surface area contributed by atoms with Crippen LogP contribution in [0.5, 0.6) is 0 Å². The summed E-state index contributed by atoms with van der Waals surface area (Å²) in [6, 6.07) is 18.9. The lowest BCUT2D eigenvalue weighted by molar-refractivity contribution is 0.0951. The summed E-state index contributed by atoms with van der Waals surface area (Å²) in [7, 11) is 3.93. The smallest absolute Gasteiger partial charge is 0.348 e. The third-order valence-electron chi connectivity index (χ3n) is 4.93. The van der Waals surface area contributed by atoms with E-state index >= 15 is 0 Å². The fourth-order valence-electron chi connectivity index (χ4n) is 3.33. The fraction of sp³-hybridized carbons (Fsp3) is 0.167. The molecule has 2 heterocycles. The Bertz CT molecular complexity index is 1320. The standard InChI is InChI=1S/C24H24N6O2/c1-30(2)13-12-26-23(31)18-8-3-6-16(14-18)17-7-4-9-19(15-17)27-22-20-10-5-11-25-21(20)28-24(32)29-22/h3-11,14-15H,12-13H2,1-2H3,(H,26,31)(H2,25,27,28,29,32). The van der Waals surface area contributed by atoms with Crippen LogP contribution < -0.4 is 16.3 Å². The van der Waals surface area contributed by atoms with Crippen LogP contribution in [-0.2, 0) is 0 Å². The number of hydrogen-bond donors (Lipinski definition) is 3. The minimum Gasteiger partial charge on any atom is -0.351 e. The number of amides is 1. The third-order valence-corrected chi connectivity index (χ3v) is 4.93. The van der Waals surface area contributed by atoms with Crippen LogP contribution >= 0.6 is 0 Å². The molecule has 162 valence electrons. The summed E-state index contributed by atoms with van der Waals surface area (Å²) < 4.78 is 0. The van der Waals surface area contributed by atoms with Gasteiger partial charge in [0, 0.05) is 30.5 Å². The summed E-state index contributed by atoms with van der Waals surface area (Å²) >= 11 is 0. The van der Waals surface area contributed by atoms with Gasteiger partial charge < -0.3 is 15.5 Å². The molecule has 4 aromatic rings. The highest BCUT2D eigenvalue weighted by atomic mass is 16.1. The molecule has 4 rings (SSSR count). The second-order valence-corrected chi connectivity index (χ2v) is 7.64. The van der Waals surface area contributed by atoms with Gasteiger partial charge >= 0.3 is 5.69 Å². The molecular formula is C24H24N6O2. The van der Waals surface area contributed by atoms with Gasteiger partial charge in [0.05, 0.1) is 5.39 Å². The van der Waals surface area contributed by atoms with Crippen molar-refractivity contribution in [3.63, 3.8) is 0 Å². The van der Waals surface area contributed by atoms with E-state index in [1.54, 1.807) is 18.3 Å². The normalized spacial score (nSPS) is 11.0. The Hall–Kier alpha value is -4.04. The van der Waals surface area contributed by atoms with Crippen LogP contribution in [0, 0.1) is 0 Å². The number of carbonyl (C=O) groups is 1. The molecule has 1 amide bonds. The number of pyridine rings is 1. The number of likely N-dealkylation sites (N-methyl/N-ethyl adjacent to an activating group) is 1. The van der Waals surface area contributed by atoms with E-state index in [0.29, 0.717) is 29.0 Å². The SMILES string of the molecule is CN(C)CCNC(=O)c1cccc(-c2cccc(Nc3[nH]c(=O)nc4ncccc34)c2)c1. The second kappa shape index (κ2) is 9.40. The van der Waals surface area contributed by atoms with Crippen LogP contribution in [0.15, 0.2) is 71.7 Å². The number of H-pyrrole nitrogens is 1. The number of anilines is 2. The molecule has 2 aromatic heterocycles. The molecule has 8 nitrogen and oxygen atoms in total. The average molecular weight is 428 g/mol. The highest BCUT2D eigenvalue weighted by Gasteiger charge is 2.09. The Labute approximate surface area is 185 Å². The van der Waals surface area contributed by atoms with Crippen molar-refractivity contribution in [2.24, 2.45) is 0 Å². The molecule has 0 fully saturated rings. The molecule has 8 heteroatoms. The lowest BCUT2D eigenvalue weighted by Crippen LogP contribution is -2.31. The first-order chi connectivity index (χ1) is 15.5. The van der Waals surface area contributed by atoms with Crippen LogP contribution in [-0.4, -0.2) is 52.9 Å². The van der Waals surface area contributed by atoms with E-state index in [0.717, 1.165) is 23.4 Å². The topological polar surface area (TPSA) is 103 Å². The minimum absolute atomic E-state index is 0.101. The van der Waals surface area contributed by atoms with Gasteiger partial charge in [-0.2, -0.15) is 4.98 Å². The number of nitrogens with one attached hydrogen (secondary N) is 3. The molecule has 0 aliphatic rings. The zero-order valence-electron chi connectivity index (χ0n) is 17.9. The number of fused-ring (bicyclic) bond motifs is 1. The van der Waals surface area contributed by atoms with Gasteiger partial charge in [-0.15, -0.1) is 0 Å². The molecule has 0 saturated carbocycles. The summed E-state index contributed by atoms with van der Waals surface area (Å²) in [6.07, 6.45) is 1.60. The Morgan fingerprint density at radius 2 is 1.81 bits per heavy atom. The highest BCUT2D eigenvalue weighted by molar-refractivity contribution is 5.95. The molecule has 0 spiro atoms. The summed E-state index contributed by atoms with van der Waals surface area (Å²) in [5, 5.41) is 6.91. The lowest BCUT2D eigenvalue weighted by Gasteiger charge is -2.12. The van der Waals surface area contributed by atoms with Crippen LogP contribution in [0.4, 0.5) is 11.5 Å². The van der Waals surface area contributed by atoms with Gasteiger partial charge in [-0.1, -0.05) is 24.3 Å². The number of aromatic amines is 1.